The van der Waals surface area contributed by atoms with Gasteiger partial charge in [0.1, 0.15) is 5.75 Å². The zero-order valence-corrected chi connectivity index (χ0v) is 11.3. The first-order valence-corrected chi connectivity index (χ1v) is 7.29. The second-order valence-electron chi connectivity index (χ2n) is 3.93. The van der Waals surface area contributed by atoms with Crippen molar-refractivity contribution in [3.8, 4) is 5.75 Å². The lowest BCUT2D eigenvalue weighted by Crippen LogP contribution is -1.96. The Morgan fingerprint density at radius 1 is 0.947 bits per heavy atom. The van der Waals surface area contributed by atoms with Crippen LogP contribution < -0.4 is 4.74 Å². The van der Waals surface area contributed by atoms with E-state index in [1.807, 2.05) is 30.3 Å². The van der Waals surface area contributed by atoms with Crippen LogP contribution in [0.3, 0.4) is 0 Å². The van der Waals surface area contributed by atoms with Crippen LogP contribution in [0, 0.1) is 0 Å². The van der Waals surface area contributed by atoms with Crippen molar-refractivity contribution in [3.05, 3.63) is 65.6 Å². The lowest BCUT2D eigenvalue weighted by atomic mass is 10.2. The molecule has 0 unspecified atom stereocenters. The van der Waals surface area contributed by atoms with Crippen LogP contribution in [0.15, 0.2) is 64.9 Å². The molecule has 2 rings (SSSR count). The molecule has 0 bridgehead atoms. The Kier molecular flexibility index (Phi) is 4.02. The van der Waals surface area contributed by atoms with Crippen molar-refractivity contribution < 1.29 is 13.2 Å². The summed E-state index contributed by atoms with van der Waals surface area (Å²) in [5, 5.41) is 1.21. The van der Waals surface area contributed by atoms with Gasteiger partial charge in [-0.3, -0.25) is 0 Å². The monoisotopic (exact) mass is 274 g/mol. The summed E-state index contributed by atoms with van der Waals surface area (Å²) in [4.78, 5) is 0.250. The van der Waals surface area contributed by atoms with E-state index in [2.05, 4.69) is 0 Å². The van der Waals surface area contributed by atoms with E-state index in [-0.39, 0.29) is 4.90 Å². The molecule has 0 amide bonds. The second kappa shape index (κ2) is 5.71. The van der Waals surface area contributed by atoms with Gasteiger partial charge in [-0.15, -0.1) is 0 Å². The van der Waals surface area contributed by atoms with Crippen molar-refractivity contribution in [2.45, 2.75) is 4.90 Å². The molecule has 0 saturated carbocycles. The van der Waals surface area contributed by atoms with Crippen LogP contribution in [-0.4, -0.2) is 15.5 Å². The molecule has 0 radical (unpaired) electrons. The minimum absolute atomic E-state index is 0.250. The van der Waals surface area contributed by atoms with Gasteiger partial charge in [0.25, 0.3) is 0 Å². The molecule has 19 heavy (non-hydrogen) atoms. The number of sulfone groups is 1. The molecule has 0 spiro atoms. The molecular weight excluding hydrogens is 260 g/mol. The van der Waals surface area contributed by atoms with Crippen LogP contribution in [0.1, 0.15) is 5.56 Å². The van der Waals surface area contributed by atoms with Gasteiger partial charge in [-0.25, -0.2) is 8.42 Å². The highest BCUT2D eigenvalue weighted by Gasteiger charge is 2.09. The second-order valence-corrected chi connectivity index (χ2v) is 5.77. The molecule has 0 aromatic heterocycles. The minimum Gasteiger partial charge on any atom is -0.497 e. The van der Waals surface area contributed by atoms with Crippen LogP contribution >= 0.6 is 0 Å². The molecule has 3 nitrogen and oxygen atoms in total. The minimum atomic E-state index is -3.42. The number of methoxy groups -OCH3 is 1. The lowest BCUT2D eigenvalue weighted by molar-refractivity contribution is 0.414. The van der Waals surface area contributed by atoms with E-state index < -0.39 is 9.84 Å². The third-order valence-electron chi connectivity index (χ3n) is 2.63. The molecule has 0 aliphatic heterocycles. The summed E-state index contributed by atoms with van der Waals surface area (Å²) < 4.78 is 29.2. The van der Waals surface area contributed by atoms with E-state index >= 15 is 0 Å². The Morgan fingerprint density at radius 3 is 2.16 bits per heavy atom. The molecule has 0 saturated heterocycles. The lowest BCUT2D eigenvalue weighted by Gasteiger charge is -2.01. The molecule has 0 aliphatic rings. The van der Waals surface area contributed by atoms with Gasteiger partial charge >= 0.3 is 0 Å². The largest absolute Gasteiger partial charge is 0.497 e. The SMILES string of the molecule is COc1ccc(S(=O)(=O)/C=C/c2ccccc2)cc1. The van der Waals surface area contributed by atoms with Crippen LogP contribution in [0.2, 0.25) is 0 Å². The predicted octanol–water partition coefficient (Wildman–Crippen LogP) is 3.14. The molecule has 0 N–H and O–H groups in total. The van der Waals surface area contributed by atoms with Crippen molar-refractivity contribution in [3.63, 3.8) is 0 Å². The van der Waals surface area contributed by atoms with E-state index in [0.29, 0.717) is 5.75 Å². The van der Waals surface area contributed by atoms with Crippen LogP contribution in [0.5, 0.6) is 5.75 Å². The van der Waals surface area contributed by atoms with Gasteiger partial charge in [-0.2, -0.15) is 0 Å². The number of hydrogen-bond acceptors (Lipinski definition) is 3. The molecule has 0 heterocycles. The Bertz CT molecular complexity index is 656. The van der Waals surface area contributed by atoms with Gasteiger partial charge in [-0.05, 0) is 35.9 Å². The van der Waals surface area contributed by atoms with Gasteiger partial charge < -0.3 is 4.74 Å². The molecule has 0 aliphatic carbocycles. The van der Waals surface area contributed by atoms with Crippen molar-refractivity contribution in [2.24, 2.45) is 0 Å². The fraction of sp³-hybridized carbons (Fsp3) is 0.0667. The van der Waals surface area contributed by atoms with E-state index in [4.69, 9.17) is 4.74 Å². The quantitative estimate of drug-likeness (QED) is 0.860. The average Bonchev–Trinajstić information content (AvgIpc) is 2.46. The van der Waals surface area contributed by atoms with Gasteiger partial charge in [0, 0.05) is 5.41 Å². The first-order chi connectivity index (χ1) is 9.12. The summed E-state index contributed by atoms with van der Waals surface area (Å²) in [5.41, 5.74) is 0.847. The highest BCUT2D eigenvalue weighted by molar-refractivity contribution is 7.94. The molecule has 2 aromatic rings. The Labute approximate surface area is 113 Å². The van der Waals surface area contributed by atoms with Crippen molar-refractivity contribution in [2.75, 3.05) is 7.11 Å². The maximum atomic E-state index is 12.1. The third-order valence-corrected chi connectivity index (χ3v) is 4.05. The van der Waals surface area contributed by atoms with Crippen molar-refractivity contribution >= 4 is 15.9 Å². The highest BCUT2D eigenvalue weighted by Crippen LogP contribution is 2.18. The Hall–Kier alpha value is -2.07. The summed E-state index contributed by atoms with van der Waals surface area (Å²) in [6.45, 7) is 0. The Balaban J connectivity index is 2.25. The number of ether oxygens (including phenoxy) is 1. The summed E-state index contributed by atoms with van der Waals surface area (Å²) in [6.07, 6.45) is 1.58. The molecule has 0 atom stereocenters. The fourth-order valence-corrected chi connectivity index (χ4v) is 2.59. The molecule has 0 fully saturated rings. The normalized spacial score (nSPS) is 11.6. The summed E-state index contributed by atoms with van der Waals surface area (Å²) >= 11 is 0. The van der Waals surface area contributed by atoms with Crippen molar-refractivity contribution in [1.29, 1.82) is 0 Å². The third kappa shape index (κ3) is 3.45. The number of benzene rings is 2. The van der Waals surface area contributed by atoms with E-state index in [1.54, 1.807) is 25.3 Å². The van der Waals surface area contributed by atoms with Gasteiger partial charge in [-0.1, -0.05) is 30.3 Å². The summed E-state index contributed by atoms with van der Waals surface area (Å²) in [6, 6.07) is 15.6. The summed E-state index contributed by atoms with van der Waals surface area (Å²) in [7, 11) is -1.88. The zero-order valence-electron chi connectivity index (χ0n) is 10.5. The molecule has 4 heteroatoms. The van der Waals surface area contributed by atoms with Crippen molar-refractivity contribution in [1.82, 2.24) is 0 Å². The molecule has 2 aromatic carbocycles. The predicted molar refractivity (Wildman–Crippen MR) is 75.7 cm³/mol. The number of rotatable bonds is 4. The van der Waals surface area contributed by atoms with Gasteiger partial charge in [0.05, 0.1) is 12.0 Å². The summed E-state index contributed by atoms with van der Waals surface area (Å²) in [5.74, 6) is 0.631. The average molecular weight is 274 g/mol. The zero-order chi connectivity index (χ0) is 13.7. The fourth-order valence-electron chi connectivity index (χ4n) is 1.58. The first-order valence-electron chi connectivity index (χ1n) is 5.74. The van der Waals surface area contributed by atoms with Crippen LogP contribution in [0.4, 0.5) is 0 Å². The molecular formula is C15H14O3S. The van der Waals surface area contributed by atoms with E-state index in [9.17, 15) is 8.42 Å². The van der Waals surface area contributed by atoms with Gasteiger partial charge in [0.15, 0.2) is 9.84 Å². The van der Waals surface area contributed by atoms with E-state index in [0.717, 1.165) is 5.56 Å². The smallest absolute Gasteiger partial charge is 0.199 e. The number of hydrogen-bond donors (Lipinski definition) is 0. The topological polar surface area (TPSA) is 43.4 Å². The molecule has 98 valence electrons. The standard InChI is InChI=1S/C15H14O3S/c1-18-14-7-9-15(10-8-14)19(16,17)12-11-13-5-3-2-4-6-13/h2-12H,1H3/b12-11+. The first kappa shape index (κ1) is 13.4. The van der Waals surface area contributed by atoms with Crippen LogP contribution in [-0.2, 0) is 9.84 Å². The van der Waals surface area contributed by atoms with Gasteiger partial charge in [0.2, 0.25) is 0 Å². The maximum Gasteiger partial charge on any atom is 0.199 e. The Morgan fingerprint density at radius 2 is 1.58 bits per heavy atom. The van der Waals surface area contributed by atoms with E-state index in [1.165, 1.54) is 17.5 Å². The maximum absolute atomic E-state index is 12.1. The van der Waals surface area contributed by atoms with Crippen LogP contribution in [0.25, 0.3) is 6.08 Å². The highest BCUT2D eigenvalue weighted by atomic mass is 32.2.